The molecule has 0 fully saturated rings. The van der Waals surface area contributed by atoms with Crippen LogP contribution >= 0.6 is 0 Å². The van der Waals surface area contributed by atoms with E-state index in [0.29, 0.717) is 5.82 Å². The third kappa shape index (κ3) is 2.27. The molecule has 0 aliphatic carbocycles. The molecule has 2 aromatic rings. The Labute approximate surface area is 107 Å². The molecular formula is C14H17N3O. The molecule has 0 spiro atoms. The molecule has 0 aliphatic heterocycles. The molecule has 1 heterocycles. The lowest BCUT2D eigenvalue weighted by atomic mass is 9.97. The summed E-state index contributed by atoms with van der Waals surface area (Å²) in [4.78, 5) is 8.42. The van der Waals surface area contributed by atoms with Crippen LogP contribution in [0, 0.1) is 0 Å². The zero-order chi connectivity index (χ0) is 13.1. The van der Waals surface area contributed by atoms with E-state index in [4.69, 9.17) is 10.5 Å². The van der Waals surface area contributed by atoms with Gasteiger partial charge in [-0.3, -0.25) is 0 Å². The van der Waals surface area contributed by atoms with Gasteiger partial charge in [0.25, 0.3) is 0 Å². The van der Waals surface area contributed by atoms with Gasteiger partial charge in [-0.15, -0.1) is 0 Å². The van der Waals surface area contributed by atoms with Gasteiger partial charge in [0.1, 0.15) is 17.9 Å². The molecule has 0 aliphatic rings. The Morgan fingerprint density at radius 3 is 2.67 bits per heavy atom. The fourth-order valence-electron chi connectivity index (χ4n) is 1.98. The first-order valence-corrected chi connectivity index (χ1v) is 5.88. The van der Waals surface area contributed by atoms with E-state index in [2.05, 4.69) is 23.8 Å². The monoisotopic (exact) mass is 243 g/mol. The zero-order valence-electron chi connectivity index (χ0n) is 10.8. The molecule has 0 amide bonds. The van der Waals surface area contributed by atoms with Crippen molar-refractivity contribution < 1.29 is 4.74 Å². The van der Waals surface area contributed by atoms with Crippen LogP contribution in [0.3, 0.4) is 0 Å². The molecule has 4 heteroatoms. The summed E-state index contributed by atoms with van der Waals surface area (Å²) >= 11 is 0. The second-order valence-corrected chi connectivity index (χ2v) is 4.41. The number of ether oxygens (including phenoxy) is 1. The highest BCUT2D eigenvalue weighted by Gasteiger charge is 2.14. The molecule has 0 atom stereocenters. The number of nitrogens with two attached hydrogens (primary N) is 1. The Bertz CT molecular complexity index is 552. The number of rotatable bonds is 3. The fraction of sp³-hybridized carbons (Fsp3) is 0.286. The van der Waals surface area contributed by atoms with Gasteiger partial charge in [0.05, 0.1) is 12.8 Å². The quantitative estimate of drug-likeness (QED) is 0.900. The van der Waals surface area contributed by atoms with Crippen molar-refractivity contribution in [1.29, 1.82) is 0 Å². The summed E-state index contributed by atoms with van der Waals surface area (Å²) in [6, 6.07) is 7.80. The van der Waals surface area contributed by atoms with Crippen molar-refractivity contribution >= 4 is 5.82 Å². The van der Waals surface area contributed by atoms with Gasteiger partial charge in [0.2, 0.25) is 0 Å². The van der Waals surface area contributed by atoms with Crippen LogP contribution in [0.2, 0.25) is 0 Å². The van der Waals surface area contributed by atoms with E-state index in [1.165, 1.54) is 6.33 Å². The molecular weight excluding hydrogens is 226 g/mol. The maximum atomic E-state index is 5.95. The topological polar surface area (TPSA) is 61.0 Å². The molecule has 18 heavy (non-hydrogen) atoms. The van der Waals surface area contributed by atoms with Crippen molar-refractivity contribution in [3.05, 3.63) is 36.2 Å². The average Bonchev–Trinajstić information content (AvgIpc) is 2.38. The summed E-state index contributed by atoms with van der Waals surface area (Å²) in [5.74, 6) is 1.62. The van der Waals surface area contributed by atoms with E-state index < -0.39 is 0 Å². The van der Waals surface area contributed by atoms with Crippen molar-refractivity contribution in [2.45, 2.75) is 19.8 Å². The Morgan fingerprint density at radius 2 is 2.00 bits per heavy atom. The predicted molar refractivity (Wildman–Crippen MR) is 72.5 cm³/mol. The number of nitrogens with zero attached hydrogens (tertiary/aromatic N) is 2. The summed E-state index contributed by atoms with van der Waals surface area (Å²) in [5.41, 5.74) is 8.79. The van der Waals surface area contributed by atoms with Gasteiger partial charge < -0.3 is 10.5 Å². The first-order chi connectivity index (χ1) is 8.63. The number of anilines is 1. The molecule has 0 bridgehead atoms. The highest BCUT2D eigenvalue weighted by atomic mass is 16.5. The van der Waals surface area contributed by atoms with Crippen molar-refractivity contribution in [3.8, 4) is 17.0 Å². The molecule has 1 aromatic heterocycles. The smallest absolute Gasteiger partial charge is 0.130 e. The lowest BCUT2D eigenvalue weighted by Gasteiger charge is -2.14. The predicted octanol–water partition coefficient (Wildman–Crippen LogP) is 2.86. The standard InChI is InChI=1S/C14H17N3O/c1-9(2)12-13(16-8-17-14(12)15)10-5-4-6-11(7-10)18-3/h4-9H,1-3H3,(H2,15,16,17). The Kier molecular flexibility index (Phi) is 3.46. The van der Waals surface area contributed by atoms with E-state index in [1.807, 2.05) is 24.3 Å². The summed E-state index contributed by atoms with van der Waals surface area (Å²) < 4.78 is 5.23. The molecule has 0 radical (unpaired) electrons. The summed E-state index contributed by atoms with van der Waals surface area (Å²) in [6.45, 7) is 4.16. The zero-order valence-corrected chi connectivity index (χ0v) is 10.8. The van der Waals surface area contributed by atoms with Crippen LogP contribution in [0.4, 0.5) is 5.82 Å². The van der Waals surface area contributed by atoms with E-state index in [1.54, 1.807) is 7.11 Å². The number of nitrogen functional groups attached to an aromatic ring is 1. The minimum absolute atomic E-state index is 0.271. The van der Waals surface area contributed by atoms with E-state index in [-0.39, 0.29) is 5.92 Å². The van der Waals surface area contributed by atoms with Crippen LogP contribution in [0.1, 0.15) is 25.3 Å². The van der Waals surface area contributed by atoms with Gasteiger partial charge in [0, 0.05) is 11.1 Å². The van der Waals surface area contributed by atoms with E-state index >= 15 is 0 Å². The average molecular weight is 243 g/mol. The van der Waals surface area contributed by atoms with Crippen LogP contribution in [0.25, 0.3) is 11.3 Å². The van der Waals surface area contributed by atoms with Gasteiger partial charge in [-0.1, -0.05) is 26.0 Å². The summed E-state index contributed by atoms with van der Waals surface area (Å²) in [6.07, 6.45) is 1.50. The number of aromatic nitrogens is 2. The highest BCUT2D eigenvalue weighted by Crippen LogP contribution is 2.31. The molecule has 0 saturated heterocycles. The molecule has 2 rings (SSSR count). The number of methoxy groups -OCH3 is 1. The molecule has 94 valence electrons. The Morgan fingerprint density at radius 1 is 1.22 bits per heavy atom. The maximum absolute atomic E-state index is 5.95. The van der Waals surface area contributed by atoms with Crippen LogP contribution in [-0.2, 0) is 0 Å². The third-order valence-electron chi connectivity index (χ3n) is 2.84. The molecule has 0 saturated carbocycles. The van der Waals surface area contributed by atoms with E-state index in [9.17, 15) is 0 Å². The third-order valence-corrected chi connectivity index (χ3v) is 2.84. The van der Waals surface area contributed by atoms with Crippen molar-refractivity contribution in [2.75, 3.05) is 12.8 Å². The highest BCUT2D eigenvalue weighted by molar-refractivity contribution is 5.69. The second kappa shape index (κ2) is 5.04. The van der Waals surface area contributed by atoms with Gasteiger partial charge >= 0.3 is 0 Å². The van der Waals surface area contributed by atoms with E-state index in [0.717, 1.165) is 22.6 Å². The van der Waals surface area contributed by atoms with Gasteiger partial charge in [0.15, 0.2) is 0 Å². The molecule has 2 N–H and O–H groups in total. The van der Waals surface area contributed by atoms with Crippen LogP contribution in [-0.4, -0.2) is 17.1 Å². The van der Waals surface area contributed by atoms with Crippen molar-refractivity contribution in [2.24, 2.45) is 0 Å². The summed E-state index contributed by atoms with van der Waals surface area (Å²) in [5, 5.41) is 0. The van der Waals surface area contributed by atoms with Gasteiger partial charge in [-0.25, -0.2) is 9.97 Å². The van der Waals surface area contributed by atoms with Gasteiger partial charge in [-0.05, 0) is 18.1 Å². The molecule has 4 nitrogen and oxygen atoms in total. The summed E-state index contributed by atoms with van der Waals surface area (Å²) in [7, 11) is 1.65. The Balaban J connectivity index is 2.59. The van der Waals surface area contributed by atoms with Crippen LogP contribution in [0.5, 0.6) is 5.75 Å². The minimum Gasteiger partial charge on any atom is -0.497 e. The number of benzene rings is 1. The van der Waals surface area contributed by atoms with Gasteiger partial charge in [-0.2, -0.15) is 0 Å². The Hall–Kier alpha value is -2.10. The largest absolute Gasteiger partial charge is 0.497 e. The molecule has 0 unspecified atom stereocenters. The van der Waals surface area contributed by atoms with Crippen LogP contribution in [0.15, 0.2) is 30.6 Å². The lowest BCUT2D eigenvalue weighted by molar-refractivity contribution is 0.415. The first kappa shape index (κ1) is 12.4. The SMILES string of the molecule is COc1cccc(-c2ncnc(N)c2C(C)C)c1. The lowest BCUT2D eigenvalue weighted by Crippen LogP contribution is -2.04. The fourth-order valence-corrected chi connectivity index (χ4v) is 1.98. The maximum Gasteiger partial charge on any atom is 0.130 e. The van der Waals surface area contributed by atoms with Crippen molar-refractivity contribution in [1.82, 2.24) is 9.97 Å². The second-order valence-electron chi connectivity index (χ2n) is 4.41. The van der Waals surface area contributed by atoms with Crippen molar-refractivity contribution in [3.63, 3.8) is 0 Å². The minimum atomic E-state index is 0.271. The first-order valence-electron chi connectivity index (χ1n) is 5.88. The number of hydrogen-bond acceptors (Lipinski definition) is 4. The van der Waals surface area contributed by atoms with Crippen LogP contribution < -0.4 is 10.5 Å². The molecule has 1 aromatic carbocycles. The number of hydrogen-bond donors (Lipinski definition) is 1. The normalized spacial score (nSPS) is 10.7.